The molecular weight excluding hydrogens is 292 g/mol. The Hall–Kier alpha value is -1.84. The summed E-state index contributed by atoms with van der Waals surface area (Å²) < 4.78 is 5.57. The fraction of sp³-hybridized carbons (Fsp3) is 0.579. The SMILES string of the molecule is CCCCCCCC(CCC)OC(=O)c1ccccc1C(=O)O. The van der Waals surface area contributed by atoms with Crippen molar-refractivity contribution in [2.45, 2.75) is 71.3 Å². The van der Waals surface area contributed by atoms with Gasteiger partial charge in [0.05, 0.1) is 11.1 Å². The van der Waals surface area contributed by atoms with Gasteiger partial charge in [0.25, 0.3) is 0 Å². The van der Waals surface area contributed by atoms with Gasteiger partial charge in [-0.15, -0.1) is 0 Å². The molecule has 0 radical (unpaired) electrons. The third-order valence-corrected chi connectivity index (χ3v) is 3.89. The van der Waals surface area contributed by atoms with Gasteiger partial charge in [0.1, 0.15) is 6.10 Å². The zero-order valence-corrected chi connectivity index (χ0v) is 14.2. The smallest absolute Gasteiger partial charge is 0.339 e. The zero-order valence-electron chi connectivity index (χ0n) is 14.2. The molecule has 1 rings (SSSR count). The Labute approximate surface area is 138 Å². The van der Waals surface area contributed by atoms with Gasteiger partial charge >= 0.3 is 11.9 Å². The van der Waals surface area contributed by atoms with Crippen LogP contribution in [0.4, 0.5) is 0 Å². The van der Waals surface area contributed by atoms with E-state index in [9.17, 15) is 9.59 Å². The summed E-state index contributed by atoms with van der Waals surface area (Å²) in [5, 5.41) is 9.17. The maximum atomic E-state index is 12.3. The lowest BCUT2D eigenvalue weighted by Crippen LogP contribution is -2.20. The minimum Gasteiger partial charge on any atom is -0.478 e. The van der Waals surface area contributed by atoms with Crippen LogP contribution >= 0.6 is 0 Å². The molecule has 0 aliphatic heterocycles. The summed E-state index contributed by atoms with van der Waals surface area (Å²) in [5.41, 5.74) is 0.128. The molecule has 23 heavy (non-hydrogen) atoms. The number of hydrogen-bond donors (Lipinski definition) is 1. The molecule has 0 saturated carbocycles. The first kappa shape index (κ1) is 19.2. The van der Waals surface area contributed by atoms with E-state index < -0.39 is 11.9 Å². The Kier molecular flexibility index (Phi) is 9.03. The molecule has 0 bridgehead atoms. The average molecular weight is 320 g/mol. The normalized spacial score (nSPS) is 11.9. The van der Waals surface area contributed by atoms with Crippen molar-refractivity contribution in [3.63, 3.8) is 0 Å². The van der Waals surface area contributed by atoms with E-state index in [0.29, 0.717) is 0 Å². The highest BCUT2D eigenvalue weighted by atomic mass is 16.5. The molecule has 1 aromatic rings. The summed E-state index contributed by atoms with van der Waals surface area (Å²) in [6, 6.07) is 6.20. The number of esters is 1. The van der Waals surface area contributed by atoms with Crippen molar-refractivity contribution < 1.29 is 19.4 Å². The van der Waals surface area contributed by atoms with Crippen LogP contribution in [0.5, 0.6) is 0 Å². The first-order chi connectivity index (χ1) is 11.1. The average Bonchev–Trinajstić information content (AvgIpc) is 2.54. The summed E-state index contributed by atoms with van der Waals surface area (Å²) >= 11 is 0. The predicted octanol–water partition coefficient (Wildman–Crippen LogP) is 5.07. The van der Waals surface area contributed by atoms with Gasteiger partial charge in [-0.25, -0.2) is 9.59 Å². The minimum atomic E-state index is -1.11. The second-order valence-electron chi connectivity index (χ2n) is 5.87. The van der Waals surface area contributed by atoms with Gasteiger partial charge in [-0.3, -0.25) is 0 Å². The molecule has 1 aromatic carbocycles. The van der Waals surface area contributed by atoms with E-state index in [1.165, 1.54) is 31.4 Å². The quantitative estimate of drug-likeness (QED) is 0.456. The molecule has 0 aliphatic carbocycles. The number of aromatic carboxylic acids is 1. The van der Waals surface area contributed by atoms with Gasteiger partial charge in [-0.1, -0.05) is 58.1 Å². The molecule has 4 heteroatoms. The van der Waals surface area contributed by atoms with E-state index in [0.717, 1.165) is 32.1 Å². The van der Waals surface area contributed by atoms with Crippen molar-refractivity contribution >= 4 is 11.9 Å². The Morgan fingerprint density at radius 1 is 0.957 bits per heavy atom. The van der Waals surface area contributed by atoms with Crippen molar-refractivity contribution in [3.05, 3.63) is 35.4 Å². The molecule has 0 aliphatic rings. The predicted molar refractivity (Wildman–Crippen MR) is 90.9 cm³/mol. The van der Waals surface area contributed by atoms with Crippen LogP contribution in [-0.2, 0) is 4.74 Å². The van der Waals surface area contributed by atoms with Crippen molar-refractivity contribution in [1.82, 2.24) is 0 Å². The Morgan fingerprint density at radius 2 is 1.61 bits per heavy atom. The summed E-state index contributed by atoms with van der Waals surface area (Å²) in [5.74, 6) is -1.64. The van der Waals surface area contributed by atoms with E-state index in [1.54, 1.807) is 12.1 Å². The molecular formula is C19H28O4. The van der Waals surface area contributed by atoms with Crippen LogP contribution in [0.15, 0.2) is 24.3 Å². The Balaban J connectivity index is 2.61. The topological polar surface area (TPSA) is 63.6 Å². The number of unbranched alkanes of at least 4 members (excludes halogenated alkanes) is 4. The summed E-state index contributed by atoms with van der Waals surface area (Å²) in [7, 11) is 0. The number of rotatable bonds is 11. The summed E-state index contributed by atoms with van der Waals surface area (Å²) in [6.07, 6.45) is 8.32. The molecule has 0 saturated heterocycles. The van der Waals surface area contributed by atoms with Gasteiger partial charge in [-0.2, -0.15) is 0 Å². The fourth-order valence-electron chi connectivity index (χ4n) is 2.62. The maximum absolute atomic E-state index is 12.3. The lowest BCUT2D eigenvalue weighted by Gasteiger charge is -2.18. The zero-order chi connectivity index (χ0) is 17.1. The minimum absolute atomic E-state index is 0.00399. The number of hydrogen-bond acceptors (Lipinski definition) is 3. The second kappa shape index (κ2) is 10.8. The first-order valence-electron chi connectivity index (χ1n) is 8.63. The number of benzene rings is 1. The number of carbonyl (C=O) groups excluding carboxylic acids is 1. The summed E-state index contributed by atoms with van der Waals surface area (Å²) in [6.45, 7) is 4.24. The number of carboxylic acid groups (broad SMARTS) is 1. The van der Waals surface area contributed by atoms with Gasteiger partial charge in [0.15, 0.2) is 0 Å². The van der Waals surface area contributed by atoms with Gasteiger partial charge in [-0.05, 0) is 31.4 Å². The van der Waals surface area contributed by atoms with E-state index in [2.05, 4.69) is 13.8 Å². The van der Waals surface area contributed by atoms with Gasteiger partial charge < -0.3 is 9.84 Å². The molecule has 0 spiro atoms. The third-order valence-electron chi connectivity index (χ3n) is 3.89. The largest absolute Gasteiger partial charge is 0.478 e. The number of carboxylic acids is 1. The molecule has 0 fully saturated rings. The molecule has 0 amide bonds. The Morgan fingerprint density at radius 3 is 2.22 bits per heavy atom. The third kappa shape index (κ3) is 6.85. The maximum Gasteiger partial charge on any atom is 0.339 e. The van der Waals surface area contributed by atoms with E-state index in [1.807, 2.05) is 0 Å². The molecule has 0 aromatic heterocycles. The van der Waals surface area contributed by atoms with Crippen LogP contribution in [0.3, 0.4) is 0 Å². The van der Waals surface area contributed by atoms with Crippen molar-refractivity contribution in [3.8, 4) is 0 Å². The van der Waals surface area contributed by atoms with Crippen LogP contribution in [-0.4, -0.2) is 23.1 Å². The van der Waals surface area contributed by atoms with Crippen LogP contribution in [0.1, 0.15) is 85.9 Å². The monoisotopic (exact) mass is 320 g/mol. The number of carbonyl (C=O) groups is 2. The molecule has 1 atom stereocenters. The van der Waals surface area contributed by atoms with E-state index in [4.69, 9.17) is 9.84 Å². The molecule has 128 valence electrons. The van der Waals surface area contributed by atoms with E-state index in [-0.39, 0.29) is 17.2 Å². The van der Waals surface area contributed by atoms with Crippen LogP contribution in [0, 0.1) is 0 Å². The first-order valence-corrected chi connectivity index (χ1v) is 8.63. The lowest BCUT2D eigenvalue weighted by atomic mass is 10.0. The van der Waals surface area contributed by atoms with Crippen LogP contribution in [0.25, 0.3) is 0 Å². The van der Waals surface area contributed by atoms with Crippen molar-refractivity contribution in [2.75, 3.05) is 0 Å². The lowest BCUT2D eigenvalue weighted by molar-refractivity contribution is 0.0249. The Bertz CT molecular complexity index is 496. The van der Waals surface area contributed by atoms with E-state index >= 15 is 0 Å². The van der Waals surface area contributed by atoms with Gasteiger partial charge in [0.2, 0.25) is 0 Å². The molecule has 1 N–H and O–H groups in total. The highest BCUT2D eigenvalue weighted by molar-refractivity contribution is 6.02. The standard InChI is InChI=1S/C19H28O4/c1-3-5-6-7-8-12-15(11-4-2)23-19(22)17-14-10-9-13-16(17)18(20)21/h9-10,13-15H,3-8,11-12H2,1-2H3,(H,20,21). The van der Waals surface area contributed by atoms with Crippen LogP contribution in [0.2, 0.25) is 0 Å². The van der Waals surface area contributed by atoms with Crippen molar-refractivity contribution in [1.29, 1.82) is 0 Å². The second-order valence-corrected chi connectivity index (χ2v) is 5.87. The molecule has 1 unspecified atom stereocenters. The van der Waals surface area contributed by atoms with Gasteiger partial charge in [0, 0.05) is 0 Å². The highest BCUT2D eigenvalue weighted by Gasteiger charge is 2.20. The van der Waals surface area contributed by atoms with Crippen LogP contribution < -0.4 is 0 Å². The van der Waals surface area contributed by atoms with Crippen molar-refractivity contribution in [2.24, 2.45) is 0 Å². The highest BCUT2D eigenvalue weighted by Crippen LogP contribution is 2.17. The molecule has 0 heterocycles. The summed E-state index contributed by atoms with van der Waals surface area (Å²) in [4.78, 5) is 23.5. The number of ether oxygens (including phenoxy) is 1. The molecule has 4 nitrogen and oxygen atoms in total. The fourth-order valence-corrected chi connectivity index (χ4v) is 2.62.